The average molecular weight is 752 g/mol. The van der Waals surface area contributed by atoms with E-state index in [2.05, 4.69) is 236 Å². The number of hydrogen-bond donors (Lipinski definition) is 0. The molecule has 0 amide bonds. The molecule has 9 rings (SSSR count). The van der Waals surface area contributed by atoms with Gasteiger partial charge in [0.1, 0.15) is 0 Å². The summed E-state index contributed by atoms with van der Waals surface area (Å²) in [4.78, 5) is 2.54. The predicted molar refractivity (Wildman–Crippen MR) is 250 cm³/mol. The van der Waals surface area contributed by atoms with Crippen LogP contribution in [0.4, 0.5) is 17.1 Å². The first-order chi connectivity index (χ1) is 27.8. The largest absolute Gasteiger partial charge is 0.309 e. The van der Waals surface area contributed by atoms with E-state index in [-0.39, 0.29) is 16.2 Å². The predicted octanol–water partition coefficient (Wildman–Crippen LogP) is 16.2. The van der Waals surface area contributed by atoms with Crippen LogP contribution in [0.25, 0.3) is 55.3 Å². The van der Waals surface area contributed by atoms with Crippen molar-refractivity contribution in [2.24, 2.45) is 0 Å². The molecule has 8 aromatic rings. The number of para-hydroxylation sites is 1. The van der Waals surface area contributed by atoms with Crippen molar-refractivity contribution < 1.29 is 0 Å². The summed E-state index contributed by atoms with van der Waals surface area (Å²) in [6.07, 6.45) is 0. The number of nitrogens with zero attached hydrogens (tertiary/aromatic N) is 1. The first-order valence-corrected chi connectivity index (χ1v) is 20.8. The zero-order chi connectivity index (χ0) is 40.4. The molecule has 0 radical (unpaired) electrons. The number of hydrogen-bond acceptors (Lipinski definition) is 1. The lowest BCUT2D eigenvalue weighted by molar-refractivity contribution is 0.590. The van der Waals surface area contributed by atoms with E-state index in [4.69, 9.17) is 0 Å². The Morgan fingerprint density at radius 1 is 0.414 bits per heavy atom. The lowest BCUT2D eigenvalue weighted by Crippen LogP contribution is -2.17. The summed E-state index contributed by atoms with van der Waals surface area (Å²) >= 11 is 0. The van der Waals surface area contributed by atoms with Crippen molar-refractivity contribution in [3.05, 3.63) is 198 Å². The summed E-state index contributed by atoms with van der Waals surface area (Å²) in [5.41, 5.74) is 18.7. The molecule has 0 spiro atoms. The smallest absolute Gasteiger partial charge is 0.0543 e. The van der Waals surface area contributed by atoms with Crippen molar-refractivity contribution in [1.29, 1.82) is 0 Å². The molecule has 0 fully saturated rings. The number of anilines is 3. The Balaban J connectivity index is 1.35. The Bertz CT molecular complexity index is 2800. The number of rotatable bonds is 6. The fourth-order valence-electron chi connectivity index (χ4n) is 9.36. The van der Waals surface area contributed by atoms with E-state index in [1.807, 2.05) is 0 Å². The number of fused-ring (bicyclic) bond motifs is 4. The fourth-order valence-corrected chi connectivity index (χ4v) is 9.36. The minimum absolute atomic E-state index is 0.0715. The monoisotopic (exact) mass is 751 g/mol. The van der Waals surface area contributed by atoms with Gasteiger partial charge in [-0.25, -0.2) is 0 Å². The molecule has 0 heterocycles. The van der Waals surface area contributed by atoms with Crippen LogP contribution in [0.2, 0.25) is 0 Å². The third-order valence-corrected chi connectivity index (χ3v) is 12.4. The maximum atomic E-state index is 2.54. The van der Waals surface area contributed by atoms with Crippen LogP contribution in [-0.2, 0) is 16.2 Å². The first kappa shape index (κ1) is 37.4. The maximum absolute atomic E-state index is 2.54. The van der Waals surface area contributed by atoms with Crippen LogP contribution in [0.3, 0.4) is 0 Å². The summed E-state index contributed by atoms with van der Waals surface area (Å²) in [6, 6.07) is 65.7. The molecule has 0 N–H and O–H groups in total. The minimum Gasteiger partial charge on any atom is -0.309 e. The van der Waals surface area contributed by atoms with Crippen LogP contribution in [-0.4, -0.2) is 0 Å². The molecule has 0 saturated carbocycles. The molecule has 0 aliphatic heterocycles. The van der Waals surface area contributed by atoms with Crippen LogP contribution < -0.4 is 4.90 Å². The van der Waals surface area contributed by atoms with Gasteiger partial charge in [-0.3, -0.25) is 0 Å². The summed E-state index contributed by atoms with van der Waals surface area (Å²) in [5.74, 6) is 0. The topological polar surface area (TPSA) is 3.24 Å². The summed E-state index contributed by atoms with van der Waals surface area (Å²) in [5, 5.41) is 2.52. The van der Waals surface area contributed by atoms with Crippen molar-refractivity contribution >= 4 is 27.8 Å². The van der Waals surface area contributed by atoms with Gasteiger partial charge in [-0.1, -0.05) is 207 Å². The van der Waals surface area contributed by atoms with Gasteiger partial charge < -0.3 is 4.90 Å². The van der Waals surface area contributed by atoms with Gasteiger partial charge in [0.05, 0.1) is 11.4 Å². The highest BCUT2D eigenvalue weighted by atomic mass is 15.1. The second-order valence-electron chi connectivity index (χ2n) is 18.6. The molecule has 1 heteroatoms. The molecule has 0 atom stereocenters. The highest BCUT2D eigenvalue weighted by Crippen LogP contribution is 2.55. The van der Waals surface area contributed by atoms with Crippen LogP contribution >= 0.6 is 0 Å². The van der Waals surface area contributed by atoms with Crippen LogP contribution in [0.15, 0.2) is 176 Å². The summed E-state index contributed by atoms with van der Waals surface area (Å²) in [6.45, 7) is 18.6. The highest BCUT2D eigenvalue weighted by Gasteiger charge is 2.38. The Morgan fingerprint density at radius 2 is 0.983 bits per heavy atom. The van der Waals surface area contributed by atoms with Crippen molar-refractivity contribution in [2.45, 2.75) is 71.6 Å². The van der Waals surface area contributed by atoms with Crippen molar-refractivity contribution in [2.75, 3.05) is 4.90 Å². The van der Waals surface area contributed by atoms with Gasteiger partial charge in [-0.05, 0) is 102 Å². The van der Waals surface area contributed by atoms with Gasteiger partial charge in [-0.2, -0.15) is 0 Å². The van der Waals surface area contributed by atoms with E-state index in [9.17, 15) is 0 Å². The molecular formula is C57H53N. The molecule has 0 aromatic heterocycles. The van der Waals surface area contributed by atoms with Gasteiger partial charge in [0, 0.05) is 22.2 Å². The normalized spacial score (nSPS) is 13.3. The molecule has 1 aliphatic rings. The summed E-state index contributed by atoms with van der Waals surface area (Å²) < 4.78 is 0. The molecule has 0 bridgehead atoms. The lowest BCUT2D eigenvalue weighted by atomic mass is 9.80. The summed E-state index contributed by atoms with van der Waals surface area (Å²) in [7, 11) is 0. The van der Waals surface area contributed by atoms with Crippen LogP contribution in [0.1, 0.15) is 77.6 Å². The van der Waals surface area contributed by atoms with E-state index in [1.54, 1.807) is 0 Å². The molecule has 1 aliphatic carbocycles. The Morgan fingerprint density at radius 3 is 1.69 bits per heavy atom. The molecule has 58 heavy (non-hydrogen) atoms. The SMILES string of the molecule is CC(C)(C)c1ccc(-c2ccccc2N(c2ccc(C(C)(C)C)c(-c3cccc4cccc(-c5ccccc5)c34)c2)c2cccc3c2-c2ccccc2C3(C)C)cc1. The van der Waals surface area contributed by atoms with Gasteiger partial charge in [-0.15, -0.1) is 0 Å². The molecule has 0 saturated heterocycles. The fraction of sp³-hybridized carbons (Fsp3) is 0.193. The minimum atomic E-state index is -0.131. The zero-order valence-corrected chi connectivity index (χ0v) is 35.2. The van der Waals surface area contributed by atoms with Crippen molar-refractivity contribution in [1.82, 2.24) is 0 Å². The average Bonchev–Trinajstić information content (AvgIpc) is 3.46. The molecule has 1 nitrogen and oxygen atoms in total. The quantitative estimate of drug-likeness (QED) is 0.164. The molecule has 8 aromatic carbocycles. The first-order valence-electron chi connectivity index (χ1n) is 20.8. The van der Waals surface area contributed by atoms with Crippen molar-refractivity contribution in [3.8, 4) is 44.5 Å². The van der Waals surface area contributed by atoms with Crippen molar-refractivity contribution in [3.63, 3.8) is 0 Å². The molecule has 0 unspecified atom stereocenters. The van der Waals surface area contributed by atoms with Gasteiger partial charge in [0.25, 0.3) is 0 Å². The van der Waals surface area contributed by atoms with Gasteiger partial charge in [0.15, 0.2) is 0 Å². The van der Waals surface area contributed by atoms with Crippen LogP contribution in [0.5, 0.6) is 0 Å². The maximum Gasteiger partial charge on any atom is 0.0543 e. The Hall–Kier alpha value is -6.18. The van der Waals surface area contributed by atoms with Gasteiger partial charge in [0.2, 0.25) is 0 Å². The lowest BCUT2D eigenvalue weighted by Gasteiger charge is -2.32. The van der Waals surface area contributed by atoms with E-state index >= 15 is 0 Å². The standard InChI is InChI=1S/C57H53N/c1-55(2,3)41-33-31-39(32-34-41)43-23-13-15-29-51(43)58(52-30-18-28-50-54(52)46-24-12-14-27-49(46)57(50,7)8)42-35-36-48(56(4,5)6)47(37-42)45-26-17-22-40-21-16-25-44(53(40)45)38-19-10-9-11-20-38/h9-37H,1-8H3. The second kappa shape index (κ2) is 14.0. The molecular weight excluding hydrogens is 699 g/mol. The third-order valence-electron chi connectivity index (χ3n) is 12.4. The Labute approximate surface area is 345 Å². The highest BCUT2D eigenvalue weighted by molar-refractivity contribution is 6.08. The van der Waals surface area contributed by atoms with Crippen LogP contribution in [0, 0.1) is 0 Å². The third kappa shape index (κ3) is 6.34. The number of benzene rings is 8. The van der Waals surface area contributed by atoms with E-state index < -0.39 is 0 Å². The molecule has 286 valence electrons. The zero-order valence-electron chi connectivity index (χ0n) is 35.2. The second-order valence-corrected chi connectivity index (χ2v) is 18.6. The Kier molecular flexibility index (Phi) is 9.05. The van der Waals surface area contributed by atoms with E-state index in [0.29, 0.717) is 0 Å². The van der Waals surface area contributed by atoms with Gasteiger partial charge >= 0.3 is 0 Å². The van der Waals surface area contributed by atoms with E-state index in [1.165, 1.54) is 83.2 Å². The van der Waals surface area contributed by atoms with E-state index in [0.717, 1.165) is 11.4 Å².